The van der Waals surface area contributed by atoms with Crippen LogP contribution < -0.4 is 0 Å². The Bertz CT molecular complexity index is 638. The molecule has 4 heteroatoms. The van der Waals surface area contributed by atoms with E-state index in [0.717, 1.165) is 15.6 Å². The van der Waals surface area contributed by atoms with E-state index in [9.17, 15) is 9.18 Å². The van der Waals surface area contributed by atoms with Crippen LogP contribution in [0.15, 0.2) is 45.3 Å². The highest BCUT2D eigenvalue weighted by atomic mass is 79.9. The molecule has 2 aromatic rings. The van der Waals surface area contributed by atoms with E-state index in [1.165, 1.54) is 6.07 Å². The van der Waals surface area contributed by atoms with Crippen LogP contribution in [0.4, 0.5) is 4.39 Å². The third kappa shape index (κ3) is 3.51. The van der Waals surface area contributed by atoms with Gasteiger partial charge in [-0.2, -0.15) is 0 Å². The molecule has 98 valence electrons. The van der Waals surface area contributed by atoms with E-state index in [1.54, 1.807) is 12.1 Å². The first-order chi connectivity index (χ1) is 8.97. The molecule has 0 amide bonds. The highest BCUT2D eigenvalue weighted by molar-refractivity contribution is 9.10. The van der Waals surface area contributed by atoms with Crippen LogP contribution in [0.5, 0.6) is 0 Å². The van der Waals surface area contributed by atoms with Gasteiger partial charge < -0.3 is 0 Å². The van der Waals surface area contributed by atoms with Crippen molar-refractivity contribution < 1.29 is 9.18 Å². The topological polar surface area (TPSA) is 17.1 Å². The van der Waals surface area contributed by atoms with Crippen molar-refractivity contribution in [1.29, 1.82) is 0 Å². The summed E-state index contributed by atoms with van der Waals surface area (Å²) in [6.07, 6.45) is 0.260. The summed E-state index contributed by atoms with van der Waals surface area (Å²) < 4.78 is 14.4. The Kier molecular flexibility index (Phi) is 4.53. The average Bonchev–Trinajstić information content (AvgIpc) is 2.36. The highest BCUT2D eigenvalue weighted by Crippen LogP contribution is 2.21. The summed E-state index contributed by atoms with van der Waals surface area (Å²) in [6.45, 7) is 1.90. The fourth-order valence-corrected chi connectivity index (χ4v) is 2.61. The molecule has 0 aliphatic heterocycles. The van der Waals surface area contributed by atoms with Gasteiger partial charge in [-0.3, -0.25) is 4.79 Å². The zero-order valence-electron chi connectivity index (χ0n) is 10.2. The Morgan fingerprint density at radius 1 is 1.16 bits per heavy atom. The van der Waals surface area contributed by atoms with Gasteiger partial charge in [-0.1, -0.05) is 28.1 Å². The summed E-state index contributed by atoms with van der Waals surface area (Å²) in [5.74, 6) is -0.299. The van der Waals surface area contributed by atoms with E-state index in [4.69, 9.17) is 0 Å². The van der Waals surface area contributed by atoms with Crippen molar-refractivity contribution in [2.24, 2.45) is 0 Å². The molecule has 0 aliphatic rings. The number of carbonyl (C=O) groups excluding carboxylic acids is 1. The Balaban J connectivity index is 2.25. The van der Waals surface area contributed by atoms with Gasteiger partial charge in [0.05, 0.1) is 4.47 Å². The van der Waals surface area contributed by atoms with Gasteiger partial charge in [-0.25, -0.2) is 4.39 Å². The number of halogens is 3. The molecule has 2 rings (SSSR count). The molecule has 1 nitrogen and oxygen atoms in total. The van der Waals surface area contributed by atoms with Crippen molar-refractivity contribution in [3.8, 4) is 0 Å². The van der Waals surface area contributed by atoms with E-state index in [0.29, 0.717) is 10.0 Å². The Hall–Kier alpha value is -1.00. The van der Waals surface area contributed by atoms with E-state index >= 15 is 0 Å². The van der Waals surface area contributed by atoms with E-state index in [2.05, 4.69) is 31.9 Å². The molecule has 0 aromatic heterocycles. The lowest BCUT2D eigenvalue weighted by atomic mass is 9.99. The number of benzene rings is 2. The fraction of sp³-hybridized carbons (Fsp3) is 0.133. The minimum Gasteiger partial charge on any atom is -0.294 e. The van der Waals surface area contributed by atoms with Gasteiger partial charge >= 0.3 is 0 Å². The van der Waals surface area contributed by atoms with Crippen LogP contribution in [0.2, 0.25) is 0 Å². The molecule has 0 unspecified atom stereocenters. The summed E-state index contributed by atoms with van der Waals surface area (Å²) >= 11 is 6.49. The normalized spacial score (nSPS) is 10.5. The third-order valence-electron chi connectivity index (χ3n) is 2.85. The van der Waals surface area contributed by atoms with Crippen LogP contribution in [0.3, 0.4) is 0 Å². The first-order valence-corrected chi connectivity index (χ1v) is 7.29. The zero-order chi connectivity index (χ0) is 14.0. The number of aryl methyl sites for hydroxylation is 1. The molecule has 0 atom stereocenters. The van der Waals surface area contributed by atoms with Crippen molar-refractivity contribution in [1.82, 2.24) is 0 Å². The Morgan fingerprint density at radius 2 is 1.89 bits per heavy atom. The number of rotatable bonds is 3. The standard InChI is InChI=1S/C15H11Br2FO/c1-9-2-4-11(16)8-12(9)15(19)7-10-3-5-14(18)13(17)6-10/h2-6,8H,7H2,1H3. The number of carbonyl (C=O) groups is 1. The summed E-state index contributed by atoms with van der Waals surface area (Å²) in [7, 11) is 0. The van der Waals surface area contributed by atoms with E-state index in [-0.39, 0.29) is 18.0 Å². The van der Waals surface area contributed by atoms with Crippen molar-refractivity contribution in [2.75, 3.05) is 0 Å². The second kappa shape index (κ2) is 5.97. The minimum absolute atomic E-state index is 0.0253. The van der Waals surface area contributed by atoms with Crippen molar-refractivity contribution in [3.05, 3.63) is 67.9 Å². The van der Waals surface area contributed by atoms with Gasteiger partial charge in [0.2, 0.25) is 0 Å². The van der Waals surface area contributed by atoms with Crippen LogP contribution in [0.25, 0.3) is 0 Å². The van der Waals surface area contributed by atoms with Crippen molar-refractivity contribution >= 4 is 37.6 Å². The third-order valence-corrected chi connectivity index (χ3v) is 3.95. The summed E-state index contributed by atoms with van der Waals surface area (Å²) in [6, 6.07) is 10.3. The lowest BCUT2D eigenvalue weighted by molar-refractivity contribution is 0.0992. The smallest absolute Gasteiger partial charge is 0.167 e. The maximum absolute atomic E-state index is 13.1. The molecule has 0 bridgehead atoms. The SMILES string of the molecule is Cc1ccc(Br)cc1C(=O)Cc1ccc(F)c(Br)c1. The monoisotopic (exact) mass is 384 g/mol. The van der Waals surface area contributed by atoms with E-state index < -0.39 is 0 Å². The lowest BCUT2D eigenvalue weighted by Gasteiger charge is -2.06. The maximum Gasteiger partial charge on any atom is 0.167 e. The van der Waals surface area contributed by atoms with Gasteiger partial charge in [0.1, 0.15) is 5.82 Å². The Morgan fingerprint density at radius 3 is 2.58 bits per heavy atom. The number of hydrogen-bond donors (Lipinski definition) is 0. The molecule has 0 saturated heterocycles. The van der Waals surface area contributed by atoms with Crippen LogP contribution >= 0.6 is 31.9 Å². The first-order valence-electron chi connectivity index (χ1n) is 5.70. The molecular weight excluding hydrogens is 375 g/mol. The largest absolute Gasteiger partial charge is 0.294 e. The van der Waals surface area contributed by atoms with Crippen LogP contribution in [-0.2, 0) is 6.42 Å². The number of Topliss-reactive ketones (excluding diaryl/α,β-unsaturated/α-hetero) is 1. The minimum atomic E-state index is -0.324. The lowest BCUT2D eigenvalue weighted by Crippen LogP contribution is -2.06. The van der Waals surface area contributed by atoms with E-state index in [1.807, 2.05) is 25.1 Å². The molecule has 0 fully saturated rings. The summed E-state index contributed by atoms with van der Waals surface area (Å²) in [4.78, 5) is 12.3. The second-order valence-electron chi connectivity index (χ2n) is 4.31. The van der Waals surface area contributed by atoms with Gasteiger partial charge in [0, 0.05) is 16.5 Å². The molecule has 0 N–H and O–H groups in total. The van der Waals surface area contributed by atoms with Crippen LogP contribution in [-0.4, -0.2) is 5.78 Å². The molecule has 2 aromatic carbocycles. The van der Waals surface area contributed by atoms with Gasteiger partial charge in [-0.15, -0.1) is 0 Å². The first kappa shape index (κ1) is 14.4. The van der Waals surface area contributed by atoms with Crippen LogP contribution in [0.1, 0.15) is 21.5 Å². The predicted octanol–water partition coefficient (Wildman–Crippen LogP) is 5.08. The molecule has 0 aliphatic carbocycles. The van der Waals surface area contributed by atoms with Crippen molar-refractivity contribution in [3.63, 3.8) is 0 Å². The quantitative estimate of drug-likeness (QED) is 0.673. The van der Waals surface area contributed by atoms with Crippen LogP contribution in [0, 0.1) is 12.7 Å². The van der Waals surface area contributed by atoms with Crippen molar-refractivity contribution in [2.45, 2.75) is 13.3 Å². The summed E-state index contributed by atoms with van der Waals surface area (Å²) in [5.41, 5.74) is 2.42. The maximum atomic E-state index is 13.1. The van der Waals surface area contributed by atoms with Gasteiger partial charge in [0.25, 0.3) is 0 Å². The predicted molar refractivity (Wildman–Crippen MR) is 81.0 cm³/mol. The molecule has 0 heterocycles. The molecule has 0 radical (unpaired) electrons. The Labute approximate surface area is 128 Å². The highest BCUT2D eigenvalue weighted by Gasteiger charge is 2.11. The molecule has 19 heavy (non-hydrogen) atoms. The number of hydrogen-bond acceptors (Lipinski definition) is 1. The average molecular weight is 386 g/mol. The van der Waals surface area contributed by atoms with Gasteiger partial charge in [0.15, 0.2) is 5.78 Å². The van der Waals surface area contributed by atoms with Gasteiger partial charge in [-0.05, 0) is 58.2 Å². The zero-order valence-corrected chi connectivity index (χ0v) is 13.4. The molecular formula is C15H11Br2FO. The summed E-state index contributed by atoms with van der Waals surface area (Å²) in [5, 5.41) is 0. The number of ketones is 1. The molecule has 0 spiro atoms. The second-order valence-corrected chi connectivity index (χ2v) is 6.08. The molecule has 0 saturated carbocycles. The fourth-order valence-electron chi connectivity index (χ4n) is 1.82.